The summed E-state index contributed by atoms with van der Waals surface area (Å²) in [6, 6.07) is 8.47. The fourth-order valence-electron chi connectivity index (χ4n) is 5.51. The number of anilines is 2. The van der Waals surface area contributed by atoms with E-state index in [9.17, 15) is 32.8 Å². The van der Waals surface area contributed by atoms with Gasteiger partial charge in [-0.05, 0) is 63.4 Å². The molecule has 1 aromatic carbocycles. The predicted octanol–water partition coefficient (Wildman–Crippen LogP) is 4.63. The fourth-order valence-corrected chi connectivity index (χ4v) is 5.51. The number of H-pyrrole nitrogens is 1. The Bertz CT molecular complexity index is 1640. The number of aromatic amines is 1. The van der Waals surface area contributed by atoms with E-state index in [0.29, 0.717) is 42.7 Å². The number of piperidine rings is 1. The molecule has 11 nitrogen and oxygen atoms in total. The van der Waals surface area contributed by atoms with Gasteiger partial charge in [0.2, 0.25) is 0 Å². The molecule has 2 aliphatic heterocycles. The Balaban J connectivity index is 1.46. The van der Waals surface area contributed by atoms with Crippen LogP contribution in [0.4, 0.5) is 29.5 Å². The van der Waals surface area contributed by atoms with Crippen LogP contribution in [0.2, 0.25) is 0 Å². The molecular weight excluding hydrogens is 555 g/mol. The normalized spacial score (nSPS) is 16.8. The molecule has 0 aliphatic carbocycles. The summed E-state index contributed by atoms with van der Waals surface area (Å²) in [5, 5.41) is 17.8. The zero-order valence-electron chi connectivity index (χ0n) is 23.3. The maximum Gasteiger partial charge on any atom is 0.410 e. The van der Waals surface area contributed by atoms with Crippen LogP contribution in [-0.2, 0) is 16.8 Å². The molecule has 222 valence electrons. The average Bonchev–Trinajstić information content (AvgIpc) is 3.41. The highest BCUT2D eigenvalue weighted by Gasteiger charge is 2.41. The summed E-state index contributed by atoms with van der Waals surface area (Å²) in [5.74, 6) is -0.508. The summed E-state index contributed by atoms with van der Waals surface area (Å²) in [7, 11) is 0. The Morgan fingerprint density at radius 1 is 1.19 bits per heavy atom. The van der Waals surface area contributed by atoms with Crippen molar-refractivity contribution in [2.24, 2.45) is 0 Å². The maximum atomic E-state index is 13.0. The van der Waals surface area contributed by atoms with Crippen LogP contribution in [-0.4, -0.2) is 68.0 Å². The highest BCUT2D eigenvalue weighted by Crippen LogP contribution is 2.38. The summed E-state index contributed by atoms with van der Waals surface area (Å²) >= 11 is 0. The van der Waals surface area contributed by atoms with E-state index in [0.717, 1.165) is 4.90 Å². The first-order valence-corrected chi connectivity index (χ1v) is 13.4. The molecule has 42 heavy (non-hydrogen) atoms. The number of benzene rings is 1. The third-order valence-electron chi connectivity index (χ3n) is 7.42. The van der Waals surface area contributed by atoms with Crippen LogP contribution in [0.1, 0.15) is 56.0 Å². The predicted molar refractivity (Wildman–Crippen MR) is 146 cm³/mol. The van der Waals surface area contributed by atoms with Gasteiger partial charge in [0.25, 0.3) is 11.5 Å². The smallest absolute Gasteiger partial charge is 0.410 e. The lowest BCUT2D eigenvalue weighted by Gasteiger charge is -2.41. The number of pyridine rings is 1. The molecule has 3 aromatic rings. The number of nitriles is 1. The van der Waals surface area contributed by atoms with Crippen molar-refractivity contribution in [1.29, 1.82) is 5.26 Å². The summed E-state index contributed by atoms with van der Waals surface area (Å²) in [5.41, 5.74) is -0.382. The van der Waals surface area contributed by atoms with E-state index in [4.69, 9.17) is 9.84 Å². The van der Waals surface area contributed by atoms with Crippen molar-refractivity contribution in [1.82, 2.24) is 24.6 Å². The van der Waals surface area contributed by atoms with Crippen LogP contribution in [0.3, 0.4) is 0 Å². The highest BCUT2D eigenvalue weighted by atomic mass is 19.4. The lowest BCUT2D eigenvalue weighted by Crippen LogP contribution is -2.49. The number of hydrogen-bond donors (Lipinski definition) is 2. The van der Waals surface area contributed by atoms with E-state index < -0.39 is 41.4 Å². The molecule has 0 bridgehead atoms. The van der Waals surface area contributed by atoms with Gasteiger partial charge in [-0.25, -0.2) is 4.79 Å². The lowest BCUT2D eigenvalue weighted by atomic mass is 9.85. The van der Waals surface area contributed by atoms with Gasteiger partial charge in [0.05, 0.1) is 23.5 Å². The number of ether oxygens (including phenoxy) is 1. The number of nitrogens with one attached hydrogen (secondary N) is 2. The van der Waals surface area contributed by atoms with Gasteiger partial charge >= 0.3 is 12.3 Å². The molecule has 2 N–H and O–H groups in total. The van der Waals surface area contributed by atoms with Crippen molar-refractivity contribution >= 4 is 34.4 Å². The molecule has 5 rings (SSSR count). The second-order valence-corrected chi connectivity index (χ2v) is 11.6. The van der Waals surface area contributed by atoms with Crippen molar-refractivity contribution in [3.8, 4) is 6.07 Å². The van der Waals surface area contributed by atoms with E-state index in [1.807, 2.05) is 0 Å². The number of carbonyl (C=O) groups is 2. The molecule has 0 saturated carbocycles. The van der Waals surface area contributed by atoms with Crippen molar-refractivity contribution in [2.45, 2.75) is 63.9 Å². The number of carbonyl (C=O) groups excluding carboxylic acids is 2. The zero-order valence-corrected chi connectivity index (χ0v) is 23.3. The number of likely N-dealkylation sites (tertiary alicyclic amines) is 1. The number of nitrogens with zero attached hydrogens (tertiary/aromatic N) is 5. The average molecular weight is 586 g/mol. The highest BCUT2D eigenvalue weighted by molar-refractivity contribution is 5.99. The maximum absolute atomic E-state index is 13.0. The summed E-state index contributed by atoms with van der Waals surface area (Å²) in [4.78, 5) is 43.1. The molecule has 2 aromatic heterocycles. The number of alkyl halides is 3. The minimum absolute atomic E-state index is 0.0776. The number of halogens is 3. The van der Waals surface area contributed by atoms with E-state index in [1.54, 1.807) is 48.6 Å². The number of rotatable bonds is 5. The van der Waals surface area contributed by atoms with E-state index >= 15 is 0 Å². The number of amides is 2. The topological polar surface area (TPSA) is 136 Å². The summed E-state index contributed by atoms with van der Waals surface area (Å²) in [6.07, 6.45) is -2.63. The van der Waals surface area contributed by atoms with Crippen molar-refractivity contribution < 1.29 is 27.5 Å². The van der Waals surface area contributed by atoms with Gasteiger partial charge in [0.1, 0.15) is 17.5 Å². The zero-order chi connectivity index (χ0) is 30.4. The molecule has 0 atom stereocenters. The number of fused-ring (bicyclic) bond motifs is 2. The molecule has 2 amide bonds. The second kappa shape index (κ2) is 10.4. The minimum Gasteiger partial charge on any atom is -0.444 e. The van der Waals surface area contributed by atoms with E-state index in [2.05, 4.69) is 16.4 Å². The Labute approximate surface area is 238 Å². The van der Waals surface area contributed by atoms with Crippen molar-refractivity contribution in [3.63, 3.8) is 0 Å². The van der Waals surface area contributed by atoms with E-state index in [-0.39, 0.29) is 29.7 Å². The van der Waals surface area contributed by atoms with E-state index in [1.165, 1.54) is 12.3 Å². The first-order chi connectivity index (χ1) is 19.7. The van der Waals surface area contributed by atoms with Gasteiger partial charge in [-0.1, -0.05) is 0 Å². The Morgan fingerprint density at radius 2 is 1.90 bits per heavy atom. The largest absolute Gasteiger partial charge is 0.444 e. The SMILES string of the molecule is CC(C)(C)OC(=O)N1CCC(CC#N)(n2nc(Nc3ccc4c(c3)CN(CC(F)(F)F)C4=O)c3c(=O)[nH]ccc32)CC1. The molecule has 4 heterocycles. The molecule has 0 unspecified atom stereocenters. The van der Waals surface area contributed by atoms with Crippen molar-refractivity contribution in [3.05, 3.63) is 51.9 Å². The van der Waals surface area contributed by atoms with Crippen molar-refractivity contribution in [2.75, 3.05) is 25.0 Å². The van der Waals surface area contributed by atoms with Gasteiger partial charge in [-0.3, -0.25) is 14.3 Å². The third-order valence-corrected chi connectivity index (χ3v) is 7.42. The van der Waals surface area contributed by atoms with Gasteiger partial charge < -0.3 is 24.8 Å². The molecule has 1 fully saturated rings. The first kappa shape index (κ1) is 29.0. The van der Waals surface area contributed by atoms with Crippen LogP contribution < -0.4 is 10.9 Å². The Hall–Kier alpha value is -4.54. The van der Waals surface area contributed by atoms with Crippen LogP contribution in [0.5, 0.6) is 0 Å². The third kappa shape index (κ3) is 5.63. The van der Waals surface area contributed by atoms with Crippen LogP contribution in [0, 0.1) is 11.3 Å². The van der Waals surface area contributed by atoms with Gasteiger partial charge in [-0.15, -0.1) is 0 Å². The number of aromatic nitrogens is 3. The monoisotopic (exact) mass is 585 g/mol. The molecule has 0 spiro atoms. The molecular formula is C28H30F3N7O4. The number of hydrogen-bond acceptors (Lipinski definition) is 7. The quantitative estimate of drug-likeness (QED) is 0.446. The fraction of sp³-hybridized carbons (Fsp3) is 0.464. The van der Waals surface area contributed by atoms with Gasteiger partial charge in [0, 0.05) is 37.1 Å². The standard InChI is InChI=1S/C28H30F3N7O4/c1-26(2,3)42-25(41)36-12-8-27(7-10-32,9-13-36)38-20-6-11-33-23(39)21(20)22(35-38)34-18-4-5-19-17(14-18)15-37(24(19)40)16-28(29,30)31/h4-6,11,14H,7-9,12-13,15-16H2,1-3H3,(H,33,39)(H,34,35). The first-order valence-electron chi connectivity index (χ1n) is 13.4. The van der Waals surface area contributed by atoms with Gasteiger partial charge in [-0.2, -0.15) is 23.5 Å². The molecule has 0 radical (unpaired) electrons. The summed E-state index contributed by atoms with van der Waals surface area (Å²) < 4.78 is 46.0. The van der Waals surface area contributed by atoms with Crippen LogP contribution in [0.15, 0.2) is 35.3 Å². The molecule has 2 aliphatic rings. The summed E-state index contributed by atoms with van der Waals surface area (Å²) in [6.45, 7) is 4.45. The minimum atomic E-state index is -4.52. The molecule has 14 heteroatoms. The lowest BCUT2D eigenvalue weighted by molar-refractivity contribution is -0.140. The second-order valence-electron chi connectivity index (χ2n) is 11.6. The Morgan fingerprint density at radius 3 is 2.55 bits per heavy atom. The Kier molecular flexibility index (Phi) is 7.16. The van der Waals surface area contributed by atoms with Crippen LogP contribution in [0.25, 0.3) is 10.9 Å². The van der Waals surface area contributed by atoms with Crippen LogP contribution >= 0.6 is 0 Å². The van der Waals surface area contributed by atoms with Gasteiger partial charge in [0.15, 0.2) is 5.82 Å². The molecule has 1 saturated heterocycles.